The zero-order valence-electron chi connectivity index (χ0n) is 13.1. The molecule has 7 heteroatoms. The largest absolute Gasteiger partial charge is 0.486 e. The number of halogens is 1. The summed E-state index contributed by atoms with van der Waals surface area (Å²) >= 11 is 6.13. The Morgan fingerprint density at radius 1 is 1.21 bits per heavy atom. The van der Waals surface area contributed by atoms with E-state index in [0.717, 1.165) is 17.1 Å². The fourth-order valence-electron chi connectivity index (χ4n) is 2.52. The van der Waals surface area contributed by atoms with Crippen molar-refractivity contribution in [2.24, 2.45) is 0 Å². The zero-order valence-corrected chi connectivity index (χ0v) is 13.9. The summed E-state index contributed by atoms with van der Waals surface area (Å²) in [5, 5.41) is 14.7. The molecule has 24 heavy (non-hydrogen) atoms. The van der Waals surface area contributed by atoms with Gasteiger partial charge in [0.25, 0.3) is 5.69 Å². The van der Waals surface area contributed by atoms with Crippen molar-refractivity contribution in [3.05, 3.63) is 62.7 Å². The number of hydrogen-bond donors (Lipinski definition) is 1. The quantitative estimate of drug-likeness (QED) is 0.656. The van der Waals surface area contributed by atoms with Crippen LogP contribution in [0.1, 0.15) is 24.1 Å². The molecule has 0 spiro atoms. The van der Waals surface area contributed by atoms with Crippen LogP contribution in [0.2, 0.25) is 5.02 Å². The van der Waals surface area contributed by atoms with Gasteiger partial charge in [-0.3, -0.25) is 10.1 Å². The third-order valence-electron chi connectivity index (χ3n) is 3.91. The van der Waals surface area contributed by atoms with Gasteiger partial charge in [-0.15, -0.1) is 0 Å². The highest BCUT2D eigenvalue weighted by Crippen LogP contribution is 2.32. The SMILES string of the molecule is CC(NCc1cc([N+](=O)[O-])ccc1Cl)c1ccc2c(c1)OCCO2. The van der Waals surface area contributed by atoms with Gasteiger partial charge in [0.1, 0.15) is 13.2 Å². The standard InChI is InChI=1S/C17H17ClN2O4/c1-11(12-2-5-16-17(9-12)24-7-6-23-16)19-10-13-8-14(20(21)22)3-4-15(13)18/h2-5,8-9,11,19H,6-7,10H2,1H3. The summed E-state index contributed by atoms with van der Waals surface area (Å²) in [5.74, 6) is 1.49. The Balaban J connectivity index is 1.70. The average Bonchev–Trinajstić information content (AvgIpc) is 2.60. The lowest BCUT2D eigenvalue weighted by Crippen LogP contribution is -2.19. The molecule has 1 aliphatic heterocycles. The third-order valence-corrected chi connectivity index (χ3v) is 4.27. The number of ether oxygens (including phenoxy) is 2. The number of fused-ring (bicyclic) bond motifs is 1. The second-order valence-electron chi connectivity index (χ2n) is 5.54. The van der Waals surface area contributed by atoms with Gasteiger partial charge in [0.15, 0.2) is 11.5 Å². The molecule has 1 aliphatic rings. The predicted molar refractivity (Wildman–Crippen MR) is 90.8 cm³/mol. The highest BCUT2D eigenvalue weighted by Gasteiger charge is 2.15. The van der Waals surface area contributed by atoms with Crippen molar-refractivity contribution in [3.63, 3.8) is 0 Å². The molecule has 2 aromatic carbocycles. The molecule has 0 amide bonds. The van der Waals surface area contributed by atoms with Crippen molar-refractivity contribution in [3.8, 4) is 11.5 Å². The van der Waals surface area contributed by atoms with Crippen LogP contribution < -0.4 is 14.8 Å². The Labute approximate surface area is 144 Å². The summed E-state index contributed by atoms with van der Waals surface area (Å²) in [6.07, 6.45) is 0. The van der Waals surface area contributed by atoms with Gasteiger partial charge in [0.2, 0.25) is 0 Å². The summed E-state index contributed by atoms with van der Waals surface area (Å²) in [5.41, 5.74) is 1.76. The van der Waals surface area contributed by atoms with Crippen molar-refractivity contribution in [2.75, 3.05) is 13.2 Å². The number of hydrogen-bond acceptors (Lipinski definition) is 5. The highest BCUT2D eigenvalue weighted by molar-refractivity contribution is 6.31. The zero-order chi connectivity index (χ0) is 17.1. The number of nitro groups is 1. The van der Waals surface area contributed by atoms with Crippen LogP contribution in [0.25, 0.3) is 0 Å². The van der Waals surface area contributed by atoms with Crippen LogP contribution in [0.4, 0.5) is 5.69 Å². The third kappa shape index (κ3) is 3.60. The normalized spacial score (nSPS) is 14.2. The maximum Gasteiger partial charge on any atom is 0.269 e. The van der Waals surface area contributed by atoms with Crippen LogP contribution in [0.5, 0.6) is 11.5 Å². The van der Waals surface area contributed by atoms with E-state index in [1.807, 2.05) is 25.1 Å². The number of nitrogens with one attached hydrogen (secondary N) is 1. The molecule has 0 saturated heterocycles. The number of nitrogens with zero attached hydrogens (tertiary/aromatic N) is 1. The first-order valence-corrected chi connectivity index (χ1v) is 7.98. The topological polar surface area (TPSA) is 73.6 Å². The molecule has 1 heterocycles. The van der Waals surface area contributed by atoms with Crippen molar-refractivity contribution in [1.29, 1.82) is 0 Å². The lowest BCUT2D eigenvalue weighted by molar-refractivity contribution is -0.384. The van der Waals surface area contributed by atoms with E-state index >= 15 is 0 Å². The van der Waals surface area contributed by atoms with Crippen molar-refractivity contribution >= 4 is 17.3 Å². The van der Waals surface area contributed by atoms with Gasteiger partial charge in [-0.25, -0.2) is 0 Å². The van der Waals surface area contributed by atoms with E-state index in [4.69, 9.17) is 21.1 Å². The van der Waals surface area contributed by atoms with E-state index in [-0.39, 0.29) is 11.7 Å². The summed E-state index contributed by atoms with van der Waals surface area (Å²) in [6.45, 7) is 3.54. The van der Waals surface area contributed by atoms with E-state index in [0.29, 0.717) is 30.3 Å². The van der Waals surface area contributed by atoms with Gasteiger partial charge in [-0.2, -0.15) is 0 Å². The van der Waals surface area contributed by atoms with Gasteiger partial charge < -0.3 is 14.8 Å². The molecule has 6 nitrogen and oxygen atoms in total. The van der Waals surface area contributed by atoms with Crippen molar-refractivity contribution < 1.29 is 14.4 Å². The van der Waals surface area contributed by atoms with E-state index in [2.05, 4.69) is 5.32 Å². The van der Waals surface area contributed by atoms with E-state index < -0.39 is 4.92 Å². The Bertz CT molecular complexity index is 766. The van der Waals surface area contributed by atoms with Crippen molar-refractivity contribution in [1.82, 2.24) is 5.32 Å². The first-order chi connectivity index (χ1) is 11.5. The molecular formula is C17H17ClN2O4. The molecule has 3 rings (SSSR count). The van der Waals surface area contributed by atoms with E-state index in [9.17, 15) is 10.1 Å². The molecule has 0 aliphatic carbocycles. The Morgan fingerprint density at radius 3 is 2.71 bits per heavy atom. The Morgan fingerprint density at radius 2 is 1.96 bits per heavy atom. The van der Waals surface area contributed by atoms with Crippen molar-refractivity contribution in [2.45, 2.75) is 19.5 Å². The molecule has 1 unspecified atom stereocenters. The lowest BCUT2D eigenvalue weighted by atomic mass is 10.1. The number of nitro benzene ring substituents is 1. The minimum atomic E-state index is -0.427. The smallest absolute Gasteiger partial charge is 0.269 e. The van der Waals surface area contributed by atoms with Gasteiger partial charge in [0.05, 0.1) is 4.92 Å². The minimum absolute atomic E-state index is 0.0242. The molecule has 126 valence electrons. The van der Waals surface area contributed by atoms with E-state index in [1.165, 1.54) is 12.1 Å². The second-order valence-corrected chi connectivity index (χ2v) is 5.95. The minimum Gasteiger partial charge on any atom is -0.486 e. The summed E-state index contributed by atoms with van der Waals surface area (Å²) in [7, 11) is 0. The van der Waals surface area contributed by atoms with E-state index in [1.54, 1.807) is 6.07 Å². The first kappa shape index (κ1) is 16.5. The fourth-order valence-corrected chi connectivity index (χ4v) is 2.70. The molecule has 0 saturated carbocycles. The molecule has 1 atom stereocenters. The highest BCUT2D eigenvalue weighted by atomic mass is 35.5. The van der Waals surface area contributed by atoms with Crippen LogP contribution >= 0.6 is 11.6 Å². The van der Waals surface area contributed by atoms with Crippen LogP contribution in [0.15, 0.2) is 36.4 Å². The van der Waals surface area contributed by atoms with Gasteiger partial charge >= 0.3 is 0 Å². The Kier molecular flexibility index (Phi) is 4.87. The molecule has 0 aromatic heterocycles. The fraction of sp³-hybridized carbons (Fsp3) is 0.294. The molecule has 0 fully saturated rings. The maximum absolute atomic E-state index is 10.9. The summed E-state index contributed by atoms with van der Waals surface area (Å²) < 4.78 is 11.1. The van der Waals surface area contributed by atoms with Crippen LogP contribution in [-0.2, 0) is 6.54 Å². The van der Waals surface area contributed by atoms with Crippen LogP contribution in [-0.4, -0.2) is 18.1 Å². The lowest BCUT2D eigenvalue weighted by Gasteiger charge is -2.21. The van der Waals surface area contributed by atoms with Gasteiger partial charge in [-0.1, -0.05) is 17.7 Å². The second kappa shape index (κ2) is 7.07. The maximum atomic E-state index is 10.9. The molecule has 1 N–H and O–H groups in total. The molecular weight excluding hydrogens is 332 g/mol. The Hall–Kier alpha value is -2.31. The van der Waals surface area contributed by atoms with Gasteiger partial charge in [0, 0.05) is 29.7 Å². The number of non-ortho nitro benzene ring substituents is 1. The summed E-state index contributed by atoms with van der Waals surface area (Å²) in [6, 6.07) is 10.3. The average molecular weight is 349 g/mol. The number of benzene rings is 2. The molecule has 0 bridgehead atoms. The molecule has 0 radical (unpaired) electrons. The number of rotatable bonds is 5. The first-order valence-electron chi connectivity index (χ1n) is 7.60. The monoisotopic (exact) mass is 348 g/mol. The summed E-state index contributed by atoms with van der Waals surface area (Å²) in [4.78, 5) is 10.5. The predicted octanol–water partition coefficient (Wildman–Crippen LogP) is 3.87. The van der Waals surface area contributed by atoms with Crippen LogP contribution in [0, 0.1) is 10.1 Å². The van der Waals surface area contributed by atoms with Crippen LogP contribution in [0.3, 0.4) is 0 Å². The molecule has 2 aromatic rings. The van der Waals surface area contributed by atoms with Gasteiger partial charge in [-0.05, 0) is 36.2 Å².